The molecule has 2 N–H and O–H groups in total. The molecule has 1 saturated heterocycles. The Bertz CT molecular complexity index is 1140. The van der Waals surface area contributed by atoms with E-state index in [4.69, 9.17) is 0 Å². The van der Waals surface area contributed by atoms with Gasteiger partial charge in [0.05, 0.1) is 17.6 Å². The summed E-state index contributed by atoms with van der Waals surface area (Å²) in [5, 5.41) is 15.2. The van der Waals surface area contributed by atoms with Gasteiger partial charge < -0.3 is 15.3 Å². The molecule has 6 rings (SSSR count). The Morgan fingerprint density at radius 1 is 0.878 bits per heavy atom. The zero-order valence-electron chi connectivity index (χ0n) is 27.1. The maximum atomic E-state index is 11.9. The van der Waals surface area contributed by atoms with Gasteiger partial charge in [0.15, 0.2) is 9.84 Å². The molecule has 10 atom stereocenters. The van der Waals surface area contributed by atoms with Gasteiger partial charge in [-0.1, -0.05) is 46.8 Å². The highest BCUT2D eigenvalue weighted by Crippen LogP contribution is 2.76. The third kappa shape index (κ3) is 4.49. The van der Waals surface area contributed by atoms with E-state index in [0.29, 0.717) is 58.6 Å². The Kier molecular flexibility index (Phi) is 7.49. The Morgan fingerprint density at radius 3 is 2.27 bits per heavy atom. The van der Waals surface area contributed by atoms with Crippen LogP contribution in [0.1, 0.15) is 106 Å². The van der Waals surface area contributed by atoms with E-state index in [1.165, 1.54) is 63.4 Å². The third-order valence-corrected chi connectivity index (χ3v) is 17.0. The molecule has 1 heterocycles. The quantitative estimate of drug-likeness (QED) is 0.381. The van der Waals surface area contributed by atoms with E-state index in [1.807, 2.05) is 0 Å². The van der Waals surface area contributed by atoms with Crippen molar-refractivity contribution in [3.05, 3.63) is 12.2 Å². The molecule has 0 aromatic rings. The minimum absolute atomic E-state index is 0.00671. The Labute approximate surface area is 251 Å². The molecule has 41 heavy (non-hydrogen) atoms. The van der Waals surface area contributed by atoms with E-state index in [2.05, 4.69) is 58.3 Å². The van der Waals surface area contributed by atoms with Gasteiger partial charge in [0.2, 0.25) is 0 Å². The monoisotopic (exact) mass is 588 g/mol. The first kappa shape index (κ1) is 30.6. The predicted octanol–water partition coefficient (Wildman–Crippen LogP) is 6.08. The maximum Gasteiger partial charge on any atom is 0.152 e. The molecule has 234 valence electrons. The number of fused-ring (bicyclic) bond motifs is 7. The van der Waals surface area contributed by atoms with Crippen molar-refractivity contribution >= 4 is 9.84 Å². The lowest BCUT2D eigenvalue weighted by Gasteiger charge is -2.73. The third-order valence-electron chi connectivity index (χ3n) is 15.4. The van der Waals surface area contributed by atoms with Gasteiger partial charge in [-0.15, -0.1) is 0 Å². The summed E-state index contributed by atoms with van der Waals surface area (Å²) in [5.74, 6) is 3.94. The number of aliphatic hydroxyl groups excluding tert-OH is 1. The van der Waals surface area contributed by atoms with E-state index in [0.717, 1.165) is 31.3 Å². The zero-order valence-corrected chi connectivity index (χ0v) is 27.9. The molecule has 1 aliphatic heterocycles. The summed E-state index contributed by atoms with van der Waals surface area (Å²) in [6.07, 6.45) is 12.3. The first-order chi connectivity index (χ1) is 19.1. The molecular weight excluding hydrogens is 528 g/mol. The van der Waals surface area contributed by atoms with E-state index < -0.39 is 9.84 Å². The molecule has 5 saturated carbocycles. The number of nitrogens with one attached hydrogen (secondary N) is 1. The minimum Gasteiger partial charge on any atom is -0.393 e. The highest BCUT2D eigenvalue weighted by molar-refractivity contribution is 7.91. The highest BCUT2D eigenvalue weighted by Gasteiger charge is 2.70. The molecule has 0 bridgehead atoms. The number of nitrogens with zero attached hydrogens (tertiary/aromatic N) is 1. The van der Waals surface area contributed by atoms with Crippen molar-refractivity contribution in [3.63, 3.8) is 0 Å². The van der Waals surface area contributed by atoms with Crippen LogP contribution in [0.5, 0.6) is 0 Å². The molecule has 0 aromatic carbocycles. The Balaban J connectivity index is 1.25. The predicted molar refractivity (Wildman–Crippen MR) is 168 cm³/mol. The van der Waals surface area contributed by atoms with Gasteiger partial charge in [0, 0.05) is 31.7 Å². The molecule has 10 unspecified atom stereocenters. The Hall–Kier alpha value is -0.430. The summed E-state index contributed by atoms with van der Waals surface area (Å²) in [7, 11) is -2.83. The number of rotatable bonds is 5. The second-order valence-electron chi connectivity index (χ2n) is 17.1. The molecule has 0 radical (unpaired) electrons. The van der Waals surface area contributed by atoms with Crippen LogP contribution in [0.25, 0.3) is 0 Å². The van der Waals surface area contributed by atoms with Crippen molar-refractivity contribution in [2.24, 2.45) is 51.2 Å². The van der Waals surface area contributed by atoms with Crippen molar-refractivity contribution in [2.45, 2.75) is 117 Å². The van der Waals surface area contributed by atoms with Gasteiger partial charge in [-0.25, -0.2) is 8.42 Å². The van der Waals surface area contributed by atoms with E-state index >= 15 is 0 Å². The summed E-state index contributed by atoms with van der Waals surface area (Å²) in [4.78, 5) is 2.35. The van der Waals surface area contributed by atoms with Crippen LogP contribution in [0.15, 0.2) is 12.2 Å². The normalized spacial score (nSPS) is 50.7. The van der Waals surface area contributed by atoms with Crippen molar-refractivity contribution in [1.82, 2.24) is 10.2 Å². The zero-order chi connectivity index (χ0) is 29.6. The van der Waals surface area contributed by atoms with Crippen molar-refractivity contribution in [1.29, 1.82) is 0 Å². The molecule has 5 nitrogen and oxygen atoms in total. The van der Waals surface area contributed by atoms with Crippen molar-refractivity contribution in [2.75, 3.05) is 37.7 Å². The molecule has 5 aliphatic carbocycles. The molecule has 0 amide bonds. The highest BCUT2D eigenvalue weighted by atomic mass is 32.2. The average molecular weight is 589 g/mol. The van der Waals surface area contributed by atoms with Crippen molar-refractivity contribution < 1.29 is 13.5 Å². The fourth-order valence-corrected chi connectivity index (χ4v) is 14.2. The number of allylic oxidation sites excluding steroid dienone is 1. The van der Waals surface area contributed by atoms with Gasteiger partial charge in [-0.2, -0.15) is 0 Å². The number of sulfone groups is 1. The molecule has 6 aliphatic rings. The standard InChI is InChI=1S/C35H60N2O3S/c1-24(2)25-10-15-35(36-18-19-37-20-22-41(39,40)23-21-37)17-16-33(6)26(30(25)35)8-9-28-32(5)13-12-29(38)31(3,4)27(32)11-14-34(28,33)7/h25-30,36,38H,1,8-23H2,2-7H3. The Morgan fingerprint density at radius 2 is 1.59 bits per heavy atom. The van der Waals surface area contributed by atoms with Crippen LogP contribution in [-0.2, 0) is 9.84 Å². The van der Waals surface area contributed by atoms with E-state index in [9.17, 15) is 13.5 Å². The minimum atomic E-state index is -2.83. The van der Waals surface area contributed by atoms with Crippen LogP contribution in [-0.4, -0.2) is 67.8 Å². The maximum absolute atomic E-state index is 11.9. The van der Waals surface area contributed by atoms with Crippen LogP contribution < -0.4 is 5.32 Å². The van der Waals surface area contributed by atoms with Gasteiger partial charge in [-0.05, 0) is 122 Å². The number of hydrogen-bond acceptors (Lipinski definition) is 5. The summed E-state index contributed by atoms with van der Waals surface area (Å²) in [5.41, 5.74) is 2.58. The van der Waals surface area contributed by atoms with Gasteiger partial charge in [0.25, 0.3) is 0 Å². The SMILES string of the molecule is C=C(C)C1CCC2(NCCN3CCS(=O)(=O)CC3)CCC3(C)C(CCC4C5(C)CCC(O)C(C)(C)C5CCC43C)C12. The number of hydrogen-bond donors (Lipinski definition) is 2. The van der Waals surface area contributed by atoms with Gasteiger partial charge in [0.1, 0.15) is 0 Å². The largest absolute Gasteiger partial charge is 0.393 e. The second-order valence-corrected chi connectivity index (χ2v) is 19.4. The molecule has 0 aromatic heterocycles. The van der Waals surface area contributed by atoms with E-state index in [1.54, 1.807) is 0 Å². The molecule has 0 spiro atoms. The van der Waals surface area contributed by atoms with Gasteiger partial charge >= 0.3 is 0 Å². The van der Waals surface area contributed by atoms with E-state index in [-0.39, 0.29) is 17.1 Å². The smallest absolute Gasteiger partial charge is 0.152 e. The second kappa shape index (κ2) is 10.0. The molecule has 6 fully saturated rings. The fourth-order valence-electron chi connectivity index (χ4n) is 12.9. The van der Waals surface area contributed by atoms with Gasteiger partial charge in [-0.3, -0.25) is 0 Å². The summed E-state index contributed by atoms with van der Waals surface area (Å²) < 4.78 is 23.9. The lowest BCUT2D eigenvalue weighted by atomic mass is 9.32. The number of aliphatic hydroxyl groups is 1. The topological polar surface area (TPSA) is 69.6 Å². The first-order valence-corrected chi connectivity index (χ1v) is 18.9. The first-order valence-electron chi connectivity index (χ1n) is 17.1. The van der Waals surface area contributed by atoms with Crippen molar-refractivity contribution in [3.8, 4) is 0 Å². The van der Waals surface area contributed by atoms with Crippen LogP contribution >= 0.6 is 0 Å². The molecular formula is C35H60N2O3S. The summed E-state index contributed by atoms with van der Waals surface area (Å²) in [6.45, 7) is 22.9. The average Bonchev–Trinajstić information content (AvgIpc) is 3.28. The molecule has 6 heteroatoms. The lowest BCUT2D eigenvalue weighted by Crippen LogP contribution is -2.69. The summed E-state index contributed by atoms with van der Waals surface area (Å²) >= 11 is 0. The van der Waals surface area contributed by atoms with Crippen LogP contribution in [0, 0.1) is 51.2 Å². The van der Waals surface area contributed by atoms with Crippen LogP contribution in [0.3, 0.4) is 0 Å². The van der Waals surface area contributed by atoms with Crippen LogP contribution in [0.2, 0.25) is 0 Å². The van der Waals surface area contributed by atoms with Crippen LogP contribution in [0.4, 0.5) is 0 Å². The fraction of sp³-hybridized carbons (Fsp3) is 0.943. The summed E-state index contributed by atoms with van der Waals surface area (Å²) in [6, 6.07) is 0. The lowest BCUT2D eigenvalue weighted by molar-refractivity contribution is -0.243.